The van der Waals surface area contributed by atoms with E-state index in [0.717, 1.165) is 31.6 Å². The number of fused-ring (bicyclic) bond motifs is 1. The molecule has 0 aromatic carbocycles. The number of piperidine rings is 1. The summed E-state index contributed by atoms with van der Waals surface area (Å²) < 4.78 is 0. The molecule has 0 radical (unpaired) electrons. The van der Waals surface area contributed by atoms with E-state index in [-0.39, 0.29) is 18.3 Å². The van der Waals surface area contributed by atoms with Gasteiger partial charge < -0.3 is 10.6 Å². The van der Waals surface area contributed by atoms with Crippen molar-refractivity contribution < 1.29 is 4.79 Å². The number of likely N-dealkylation sites (tertiary alicyclic amines) is 1. The van der Waals surface area contributed by atoms with Gasteiger partial charge in [0.05, 0.1) is 6.54 Å². The van der Waals surface area contributed by atoms with E-state index >= 15 is 0 Å². The molecule has 1 amide bonds. The molecule has 3 aliphatic rings. The van der Waals surface area contributed by atoms with Gasteiger partial charge in [0.15, 0.2) is 0 Å². The van der Waals surface area contributed by atoms with Gasteiger partial charge in [-0.3, -0.25) is 9.69 Å². The number of nitrogens with one attached hydrogen (secondary N) is 2. The van der Waals surface area contributed by atoms with Crippen LogP contribution in [0.3, 0.4) is 0 Å². The lowest BCUT2D eigenvalue weighted by Crippen LogP contribution is -2.49. The van der Waals surface area contributed by atoms with E-state index in [1.807, 2.05) is 0 Å². The van der Waals surface area contributed by atoms with Gasteiger partial charge in [-0.05, 0) is 38.1 Å². The van der Waals surface area contributed by atoms with Crippen LogP contribution in [0.15, 0.2) is 0 Å². The lowest BCUT2D eigenvalue weighted by Gasteiger charge is -2.34. The molecule has 1 saturated carbocycles. The molecule has 4 nitrogen and oxygen atoms in total. The molecule has 2 saturated heterocycles. The first-order chi connectivity index (χ1) is 9.31. The number of amides is 1. The molecule has 0 spiro atoms. The van der Waals surface area contributed by atoms with Gasteiger partial charge in [-0.25, -0.2) is 0 Å². The van der Waals surface area contributed by atoms with Crippen LogP contribution in [-0.4, -0.2) is 49.1 Å². The molecule has 116 valence electrons. The van der Waals surface area contributed by atoms with E-state index in [2.05, 4.69) is 15.5 Å². The third-order valence-corrected chi connectivity index (χ3v) is 5.08. The molecule has 0 aromatic heterocycles. The fourth-order valence-corrected chi connectivity index (χ4v) is 3.99. The van der Waals surface area contributed by atoms with E-state index in [0.29, 0.717) is 12.6 Å². The molecular weight excluding hydrogens is 274 g/mol. The van der Waals surface area contributed by atoms with E-state index in [1.54, 1.807) is 0 Å². The van der Waals surface area contributed by atoms with Crippen LogP contribution in [0.1, 0.15) is 44.9 Å². The average Bonchev–Trinajstić information content (AvgIpc) is 2.87. The molecule has 3 rings (SSSR count). The number of hydrogen-bond acceptors (Lipinski definition) is 3. The van der Waals surface area contributed by atoms with Crippen molar-refractivity contribution in [3.8, 4) is 0 Å². The Hall–Kier alpha value is -0.320. The average molecular weight is 302 g/mol. The summed E-state index contributed by atoms with van der Waals surface area (Å²) in [7, 11) is 0. The molecule has 2 atom stereocenters. The zero-order valence-electron chi connectivity index (χ0n) is 12.3. The first kappa shape index (κ1) is 16.1. The summed E-state index contributed by atoms with van der Waals surface area (Å²) in [5.74, 6) is 1.02. The Morgan fingerprint density at radius 1 is 1.15 bits per heavy atom. The maximum atomic E-state index is 12.1. The molecule has 2 unspecified atom stereocenters. The van der Waals surface area contributed by atoms with E-state index in [4.69, 9.17) is 0 Å². The Morgan fingerprint density at radius 3 is 2.75 bits per heavy atom. The van der Waals surface area contributed by atoms with E-state index in [9.17, 15) is 4.79 Å². The highest BCUT2D eigenvalue weighted by Crippen LogP contribution is 2.24. The van der Waals surface area contributed by atoms with Crippen molar-refractivity contribution >= 4 is 18.3 Å². The minimum Gasteiger partial charge on any atom is -0.352 e. The Kier molecular flexibility index (Phi) is 6.12. The number of hydrogen-bond donors (Lipinski definition) is 2. The minimum atomic E-state index is 0. The molecule has 0 aromatic rings. The van der Waals surface area contributed by atoms with Crippen molar-refractivity contribution in [1.82, 2.24) is 15.5 Å². The molecule has 0 bridgehead atoms. The van der Waals surface area contributed by atoms with Crippen LogP contribution in [0.2, 0.25) is 0 Å². The van der Waals surface area contributed by atoms with Crippen molar-refractivity contribution in [2.24, 2.45) is 5.92 Å². The maximum Gasteiger partial charge on any atom is 0.234 e. The second-order valence-corrected chi connectivity index (χ2v) is 6.54. The maximum absolute atomic E-state index is 12.1. The van der Waals surface area contributed by atoms with Gasteiger partial charge >= 0.3 is 0 Å². The highest BCUT2D eigenvalue weighted by atomic mass is 35.5. The van der Waals surface area contributed by atoms with Gasteiger partial charge in [0, 0.05) is 25.2 Å². The van der Waals surface area contributed by atoms with Crippen LogP contribution < -0.4 is 10.6 Å². The third-order valence-electron chi connectivity index (χ3n) is 5.08. The molecule has 1 aliphatic carbocycles. The van der Waals surface area contributed by atoms with Crippen molar-refractivity contribution in [2.75, 3.05) is 26.2 Å². The summed E-state index contributed by atoms with van der Waals surface area (Å²) >= 11 is 0. The van der Waals surface area contributed by atoms with Gasteiger partial charge in [0.25, 0.3) is 0 Å². The van der Waals surface area contributed by atoms with Crippen LogP contribution in [0.5, 0.6) is 0 Å². The second-order valence-electron chi connectivity index (χ2n) is 6.54. The molecule has 5 heteroatoms. The fourth-order valence-electron chi connectivity index (χ4n) is 3.99. The van der Waals surface area contributed by atoms with Crippen LogP contribution in [-0.2, 0) is 4.79 Å². The molecule has 2 N–H and O–H groups in total. The topological polar surface area (TPSA) is 44.4 Å². The molecule has 2 aliphatic heterocycles. The zero-order chi connectivity index (χ0) is 13.1. The summed E-state index contributed by atoms with van der Waals surface area (Å²) in [5.41, 5.74) is 0. The van der Waals surface area contributed by atoms with Gasteiger partial charge in [-0.15, -0.1) is 12.4 Å². The van der Waals surface area contributed by atoms with Gasteiger partial charge in [0.1, 0.15) is 0 Å². The summed E-state index contributed by atoms with van der Waals surface area (Å²) in [4.78, 5) is 14.5. The van der Waals surface area contributed by atoms with Crippen LogP contribution in [0.4, 0.5) is 0 Å². The summed E-state index contributed by atoms with van der Waals surface area (Å²) in [6.45, 7) is 3.96. The lowest BCUT2D eigenvalue weighted by atomic mass is 9.93. The van der Waals surface area contributed by atoms with Crippen molar-refractivity contribution in [1.29, 1.82) is 0 Å². The molecule has 3 fully saturated rings. The number of rotatable bonds is 3. The first-order valence-corrected chi connectivity index (χ1v) is 8.06. The largest absolute Gasteiger partial charge is 0.352 e. The molecule has 20 heavy (non-hydrogen) atoms. The Labute approximate surface area is 128 Å². The Morgan fingerprint density at radius 2 is 1.95 bits per heavy atom. The van der Waals surface area contributed by atoms with Crippen LogP contribution >= 0.6 is 12.4 Å². The normalized spacial score (nSPS) is 31.4. The molecule has 2 heterocycles. The zero-order valence-corrected chi connectivity index (χ0v) is 13.1. The number of halogens is 1. The van der Waals surface area contributed by atoms with Gasteiger partial charge in [0.2, 0.25) is 5.91 Å². The monoisotopic (exact) mass is 301 g/mol. The van der Waals surface area contributed by atoms with Crippen molar-refractivity contribution in [2.45, 2.75) is 57.0 Å². The summed E-state index contributed by atoms with van der Waals surface area (Å²) in [6, 6.07) is 1.17. The van der Waals surface area contributed by atoms with Crippen LogP contribution in [0.25, 0.3) is 0 Å². The minimum absolute atomic E-state index is 0. The third kappa shape index (κ3) is 4.09. The predicted octanol–water partition coefficient (Wildman–Crippen LogP) is 1.54. The standard InChI is InChI=1S/C15H27N3O.ClH/c19-15(17-13-4-2-1-3-5-13)11-18-9-7-14-12(10-18)6-8-16-14;/h12-14,16H,1-11H2,(H,17,19);1H. The fraction of sp³-hybridized carbons (Fsp3) is 0.933. The summed E-state index contributed by atoms with van der Waals surface area (Å²) in [6.07, 6.45) is 8.76. The lowest BCUT2D eigenvalue weighted by molar-refractivity contribution is -0.123. The number of nitrogens with zero attached hydrogens (tertiary/aromatic N) is 1. The SMILES string of the molecule is Cl.O=C(CN1CCC2NCCC2C1)NC1CCCCC1. The van der Waals surface area contributed by atoms with Gasteiger partial charge in [-0.1, -0.05) is 19.3 Å². The predicted molar refractivity (Wildman–Crippen MR) is 83.2 cm³/mol. The van der Waals surface area contributed by atoms with Crippen molar-refractivity contribution in [3.63, 3.8) is 0 Å². The smallest absolute Gasteiger partial charge is 0.234 e. The Balaban J connectivity index is 0.00000147. The number of carbonyl (C=O) groups excluding carboxylic acids is 1. The Bertz CT molecular complexity index is 320. The second kappa shape index (κ2) is 7.62. The van der Waals surface area contributed by atoms with E-state index in [1.165, 1.54) is 44.9 Å². The van der Waals surface area contributed by atoms with Crippen LogP contribution in [0, 0.1) is 5.92 Å². The van der Waals surface area contributed by atoms with Gasteiger partial charge in [-0.2, -0.15) is 0 Å². The highest BCUT2D eigenvalue weighted by molar-refractivity contribution is 5.85. The van der Waals surface area contributed by atoms with Crippen molar-refractivity contribution in [3.05, 3.63) is 0 Å². The van der Waals surface area contributed by atoms with E-state index < -0.39 is 0 Å². The number of carbonyl (C=O) groups is 1. The first-order valence-electron chi connectivity index (χ1n) is 8.06. The summed E-state index contributed by atoms with van der Waals surface area (Å²) in [5, 5.41) is 6.80. The highest BCUT2D eigenvalue weighted by Gasteiger charge is 2.33. The quantitative estimate of drug-likeness (QED) is 0.831. The molecular formula is C15H28ClN3O.